The van der Waals surface area contributed by atoms with E-state index in [2.05, 4.69) is 17.0 Å². The molecule has 0 bridgehead atoms. The van der Waals surface area contributed by atoms with Crippen molar-refractivity contribution in [3.05, 3.63) is 65.1 Å². The molecule has 2 heterocycles. The van der Waals surface area contributed by atoms with Crippen LogP contribution in [0.15, 0.2) is 59.5 Å². The van der Waals surface area contributed by atoms with Crippen molar-refractivity contribution in [1.82, 2.24) is 9.80 Å². The van der Waals surface area contributed by atoms with Gasteiger partial charge in [-0.1, -0.05) is 30.3 Å². The fraction of sp³-hybridized carbons (Fsp3) is 0.292. The average molecular weight is 452 g/mol. The van der Waals surface area contributed by atoms with Gasteiger partial charge in [0.2, 0.25) is 5.91 Å². The highest BCUT2D eigenvalue weighted by Gasteiger charge is 2.37. The van der Waals surface area contributed by atoms with E-state index in [-0.39, 0.29) is 12.5 Å². The summed E-state index contributed by atoms with van der Waals surface area (Å²) in [6.07, 6.45) is 1.67. The van der Waals surface area contributed by atoms with Crippen LogP contribution in [0.4, 0.5) is 10.5 Å². The number of rotatable bonds is 6. The minimum absolute atomic E-state index is 0.206. The molecular formula is C24H25N3O4S. The molecule has 0 spiro atoms. The number of benzene rings is 2. The number of hydrogen-bond donors (Lipinski definition) is 0. The minimum atomic E-state index is -0.426. The summed E-state index contributed by atoms with van der Waals surface area (Å²) in [6.45, 7) is 4.82. The fourth-order valence-electron chi connectivity index (χ4n) is 3.70. The van der Waals surface area contributed by atoms with Crippen molar-refractivity contribution in [3.63, 3.8) is 0 Å². The molecule has 166 valence electrons. The van der Waals surface area contributed by atoms with E-state index in [0.717, 1.165) is 46.8 Å². The number of piperazine rings is 1. The Morgan fingerprint density at radius 2 is 1.69 bits per heavy atom. The lowest BCUT2D eigenvalue weighted by Gasteiger charge is -2.36. The maximum absolute atomic E-state index is 12.8. The van der Waals surface area contributed by atoms with Gasteiger partial charge in [-0.25, -0.2) is 0 Å². The molecule has 0 N–H and O–H groups in total. The van der Waals surface area contributed by atoms with E-state index in [1.165, 1.54) is 0 Å². The molecule has 32 heavy (non-hydrogen) atoms. The topological polar surface area (TPSA) is 70.2 Å². The summed E-state index contributed by atoms with van der Waals surface area (Å²) in [6, 6.07) is 17.4. The number of anilines is 1. The first-order valence-electron chi connectivity index (χ1n) is 10.6. The van der Waals surface area contributed by atoms with Crippen molar-refractivity contribution < 1.29 is 19.1 Å². The molecule has 0 unspecified atom stereocenters. The largest absolute Gasteiger partial charge is 0.494 e. The first-order valence-corrected chi connectivity index (χ1v) is 11.4. The Labute approximate surface area is 191 Å². The maximum Gasteiger partial charge on any atom is 0.294 e. The van der Waals surface area contributed by atoms with Crippen LogP contribution < -0.4 is 9.64 Å². The van der Waals surface area contributed by atoms with Gasteiger partial charge in [0.1, 0.15) is 12.3 Å². The van der Waals surface area contributed by atoms with E-state index in [1.807, 2.05) is 49.4 Å². The van der Waals surface area contributed by atoms with E-state index in [9.17, 15) is 14.4 Å². The Hall–Kier alpha value is -3.26. The molecule has 3 amide bonds. The first kappa shape index (κ1) is 22.0. The second-order valence-corrected chi connectivity index (χ2v) is 8.47. The van der Waals surface area contributed by atoms with Crippen LogP contribution >= 0.6 is 11.8 Å². The van der Waals surface area contributed by atoms with E-state index in [0.29, 0.717) is 24.6 Å². The van der Waals surface area contributed by atoms with Gasteiger partial charge in [0.05, 0.1) is 11.5 Å². The van der Waals surface area contributed by atoms with Crippen LogP contribution in [0, 0.1) is 0 Å². The monoisotopic (exact) mass is 451 g/mol. The highest BCUT2D eigenvalue weighted by atomic mass is 32.2. The molecule has 0 aliphatic carbocycles. The summed E-state index contributed by atoms with van der Waals surface area (Å²) in [5, 5.41) is -0.413. The van der Waals surface area contributed by atoms with Crippen LogP contribution in [0.3, 0.4) is 0 Å². The minimum Gasteiger partial charge on any atom is -0.494 e. The smallest absolute Gasteiger partial charge is 0.294 e. The van der Waals surface area contributed by atoms with Crippen LogP contribution in [-0.2, 0) is 9.59 Å². The maximum atomic E-state index is 12.8. The summed E-state index contributed by atoms with van der Waals surface area (Å²) in [5.41, 5.74) is 1.92. The number of nitrogens with zero attached hydrogens (tertiary/aromatic N) is 3. The standard InChI is InChI=1S/C24H25N3O4S/c1-2-31-20-10-8-18(9-11-20)16-21-23(29)27(24(30)32-21)17-22(28)26-14-12-25(13-15-26)19-6-4-3-5-7-19/h3-11,16H,2,12-15,17H2,1H3. The van der Waals surface area contributed by atoms with Gasteiger partial charge >= 0.3 is 0 Å². The second-order valence-electron chi connectivity index (χ2n) is 7.47. The summed E-state index contributed by atoms with van der Waals surface area (Å²) in [7, 11) is 0. The van der Waals surface area contributed by atoms with Gasteiger partial charge in [0.15, 0.2) is 0 Å². The molecule has 0 aromatic heterocycles. The average Bonchev–Trinajstić information content (AvgIpc) is 3.08. The fourth-order valence-corrected chi connectivity index (χ4v) is 4.54. The van der Waals surface area contributed by atoms with Crippen LogP contribution in [-0.4, -0.2) is 66.2 Å². The quantitative estimate of drug-likeness (QED) is 0.627. The van der Waals surface area contributed by atoms with Crippen molar-refractivity contribution in [2.24, 2.45) is 0 Å². The summed E-state index contributed by atoms with van der Waals surface area (Å²) in [5.74, 6) is 0.114. The molecule has 2 aliphatic rings. The van der Waals surface area contributed by atoms with Gasteiger partial charge in [-0.05, 0) is 54.6 Å². The molecule has 0 saturated carbocycles. The molecular weight excluding hydrogens is 426 g/mol. The van der Waals surface area contributed by atoms with Crippen molar-refractivity contribution in [2.75, 3.05) is 44.2 Å². The lowest BCUT2D eigenvalue weighted by Crippen LogP contribution is -2.51. The van der Waals surface area contributed by atoms with Crippen molar-refractivity contribution in [3.8, 4) is 5.75 Å². The second kappa shape index (κ2) is 9.91. The van der Waals surface area contributed by atoms with Gasteiger partial charge < -0.3 is 14.5 Å². The van der Waals surface area contributed by atoms with Crippen LogP contribution in [0.25, 0.3) is 6.08 Å². The van der Waals surface area contributed by atoms with Crippen LogP contribution in [0.1, 0.15) is 12.5 Å². The number of para-hydroxylation sites is 1. The highest BCUT2D eigenvalue weighted by Crippen LogP contribution is 2.32. The van der Waals surface area contributed by atoms with Crippen molar-refractivity contribution >= 4 is 40.6 Å². The van der Waals surface area contributed by atoms with Gasteiger partial charge in [0, 0.05) is 31.9 Å². The van der Waals surface area contributed by atoms with Crippen molar-refractivity contribution in [1.29, 1.82) is 0 Å². The Morgan fingerprint density at radius 1 is 1.00 bits per heavy atom. The van der Waals surface area contributed by atoms with Gasteiger partial charge in [0.25, 0.3) is 11.1 Å². The summed E-state index contributed by atoms with van der Waals surface area (Å²) < 4.78 is 5.42. The Balaban J connectivity index is 1.34. The molecule has 0 radical (unpaired) electrons. The van der Waals surface area contributed by atoms with Gasteiger partial charge in [-0.15, -0.1) is 0 Å². The summed E-state index contributed by atoms with van der Waals surface area (Å²) in [4.78, 5) is 43.2. The Bertz CT molecular complexity index is 1020. The predicted octanol–water partition coefficient (Wildman–Crippen LogP) is 3.47. The normalized spacial score (nSPS) is 17.9. The van der Waals surface area contributed by atoms with E-state index in [1.54, 1.807) is 11.0 Å². The third kappa shape index (κ3) is 4.96. The molecule has 2 saturated heterocycles. The number of carbonyl (C=O) groups is 3. The van der Waals surface area contributed by atoms with Gasteiger partial charge in [-0.2, -0.15) is 0 Å². The van der Waals surface area contributed by atoms with Crippen LogP contribution in [0.5, 0.6) is 5.75 Å². The molecule has 7 nitrogen and oxygen atoms in total. The zero-order chi connectivity index (χ0) is 22.5. The molecule has 2 fully saturated rings. The highest BCUT2D eigenvalue weighted by molar-refractivity contribution is 8.18. The number of hydrogen-bond acceptors (Lipinski definition) is 6. The lowest BCUT2D eigenvalue weighted by atomic mass is 10.2. The third-order valence-electron chi connectivity index (χ3n) is 5.41. The molecule has 2 aromatic carbocycles. The van der Waals surface area contributed by atoms with E-state index < -0.39 is 11.1 Å². The first-order chi connectivity index (χ1) is 15.5. The zero-order valence-electron chi connectivity index (χ0n) is 17.9. The molecule has 4 rings (SSSR count). The molecule has 8 heteroatoms. The Morgan fingerprint density at radius 3 is 2.34 bits per heavy atom. The van der Waals surface area contributed by atoms with E-state index >= 15 is 0 Å². The zero-order valence-corrected chi connectivity index (χ0v) is 18.7. The number of ether oxygens (including phenoxy) is 1. The van der Waals surface area contributed by atoms with E-state index in [4.69, 9.17) is 4.74 Å². The van der Waals surface area contributed by atoms with Gasteiger partial charge in [-0.3, -0.25) is 19.3 Å². The molecule has 2 aliphatic heterocycles. The predicted molar refractivity (Wildman–Crippen MR) is 126 cm³/mol. The number of imide groups is 1. The number of carbonyl (C=O) groups excluding carboxylic acids is 3. The summed E-state index contributed by atoms with van der Waals surface area (Å²) >= 11 is 0.866. The molecule has 2 aromatic rings. The third-order valence-corrected chi connectivity index (χ3v) is 6.32. The molecule has 0 atom stereocenters. The lowest BCUT2D eigenvalue weighted by molar-refractivity contribution is -0.136. The Kier molecular flexibility index (Phi) is 6.80. The number of thioether (sulfide) groups is 1. The SMILES string of the molecule is CCOc1ccc(C=C2SC(=O)N(CC(=O)N3CCN(c4ccccc4)CC3)C2=O)cc1. The number of amides is 3. The van der Waals surface area contributed by atoms with Crippen LogP contribution in [0.2, 0.25) is 0 Å². The van der Waals surface area contributed by atoms with Crippen molar-refractivity contribution in [2.45, 2.75) is 6.92 Å².